The number of allylic oxidation sites excluding steroid dienone is 1. The van der Waals surface area contributed by atoms with Crippen molar-refractivity contribution < 1.29 is 0 Å². The van der Waals surface area contributed by atoms with E-state index in [1.165, 1.54) is 0 Å². The molecule has 3 nitrogen and oxygen atoms in total. The predicted octanol–water partition coefficient (Wildman–Crippen LogP) is 3.98. The first-order chi connectivity index (χ1) is 10.3. The van der Waals surface area contributed by atoms with Crippen LogP contribution in [0.5, 0.6) is 0 Å². The monoisotopic (exact) mass is 295 g/mol. The van der Waals surface area contributed by atoms with Crippen molar-refractivity contribution in [3.05, 3.63) is 71.8 Å². The number of rotatable bonds is 4. The Hall–Kier alpha value is -2.46. The molecular weight excluding hydrogens is 278 g/mol. The summed E-state index contributed by atoms with van der Waals surface area (Å²) in [5, 5.41) is 7.61. The van der Waals surface area contributed by atoms with Crippen LogP contribution in [0.15, 0.2) is 65.8 Å². The first-order valence-electron chi connectivity index (χ1n) is 6.63. The second-order valence-corrected chi connectivity index (χ2v) is 4.84. The van der Waals surface area contributed by atoms with E-state index < -0.39 is 0 Å². The van der Waals surface area contributed by atoms with Gasteiger partial charge in [0.2, 0.25) is 0 Å². The topological polar surface area (TPSA) is 36.4 Å². The molecule has 0 aliphatic carbocycles. The van der Waals surface area contributed by atoms with E-state index in [1.807, 2.05) is 73.7 Å². The van der Waals surface area contributed by atoms with Crippen molar-refractivity contribution >= 4 is 35.3 Å². The van der Waals surface area contributed by atoms with Crippen LogP contribution in [0.3, 0.4) is 0 Å². The number of anilines is 1. The largest absolute Gasteiger partial charge is 0.331 e. The maximum atomic E-state index is 5.18. The van der Waals surface area contributed by atoms with Gasteiger partial charge in [-0.1, -0.05) is 54.6 Å². The number of thiocarbonyl (C=S) groups is 1. The average Bonchev–Trinajstić information content (AvgIpc) is 2.50. The van der Waals surface area contributed by atoms with Gasteiger partial charge in [-0.05, 0) is 42.4 Å². The number of hydrogen-bond donors (Lipinski definition) is 2. The maximum Gasteiger partial charge on any atom is 0.191 e. The molecule has 0 atom stereocenters. The zero-order valence-electron chi connectivity index (χ0n) is 11.8. The second kappa shape index (κ2) is 7.97. The summed E-state index contributed by atoms with van der Waals surface area (Å²) >= 11 is 5.18. The van der Waals surface area contributed by atoms with E-state index in [4.69, 9.17) is 12.2 Å². The van der Waals surface area contributed by atoms with Crippen LogP contribution in [-0.4, -0.2) is 11.3 Å². The van der Waals surface area contributed by atoms with E-state index >= 15 is 0 Å². The van der Waals surface area contributed by atoms with E-state index in [1.54, 1.807) is 6.21 Å². The highest BCUT2D eigenvalue weighted by atomic mass is 32.1. The lowest BCUT2D eigenvalue weighted by Crippen LogP contribution is -2.24. The van der Waals surface area contributed by atoms with E-state index in [9.17, 15) is 0 Å². The molecule has 106 valence electrons. The first-order valence-corrected chi connectivity index (χ1v) is 7.04. The Morgan fingerprint density at radius 1 is 1.05 bits per heavy atom. The van der Waals surface area contributed by atoms with Crippen molar-refractivity contribution in [3.8, 4) is 0 Å². The number of hydrogen-bond acceptors (Lipinski definition) is 2. The van der Waals surface area contributed by atoms with Gasteiger partial charge in [-0.25, -0.2) is 0 Å². The number of nitrogens with zero attached hydrogens (tertiary/aromatic N) is 1. The maximum absolute atomic E-state index is 5.18. The van der Waals surface area contributed by atoms with E-state index in [2.05, 4.69) is 15.8 Å². The molecule has 2 N–H and O–H groups in total. The van der Waals surface area contributed by atoms with Crippen LogP contribution in [0, 0.1) is 6.92 Å². The fraction of sp³-hybridized carbons (Fsp3) is 0.0588. The number of para-hydroxylation sites is 1. The standard InChI is InChI=1S/C17H17N3S/c1-14-8-5-6-12-16(14)19-17(21)20-18-13-7-11-15-9-3-2-4-10-15/h2-13H,1H3,(H2,19,20,21)/b11-7-,18-13?. The van der Waals surface area contributed by atoms with Gasteiger partial charge in [0.05, 0.1) is 0 Å². The van der Waals surface area contributed by atoms with E-state index in [0.29, 0.717) is 5.11 Å². The van der Waals surface area contributed by atoms with Crippen molar-refractivity contribution in [2.45, 2.75) is 6.92 Å². The van der Waals surface area contributed by atoms with Crippen molar-refractivity contribution in [2.75, 3.05) is 5.32 Å². The number of nitrogens with one attached hydrogen (secondary N) is 2. The number of aryl methyl sites for hydroxylation is 1. The van der Waals surface area contributed by atoms with Gasteiger partial charge in [-0.3, -0.25) is 5.43 Å². The van der Waals surface area contributed by atoms with Gasteiger partial charge in [0.15, 0.2) is 5.11 Å². The van der Waals surface area contributed by atoms with Crippen molar-refractivity contribution in [1.82, 2.24) is 5.43 Å². The fourth-order valence-electron chi connectivity index (χ4n) is 1.72. The summed E-state index contributed by atoms with van der Waals surface area (Å²) in [6, 6.07) is 18.0. The summed E-state index contributed by atoms with van der Waals surface area (Å²) in [6.07, 6.45) is 5.50. The lowest BCUT2D eigenvalue weighted by Gasteiger charge is -2.08. The quantitative estimate of drug-likeness (QED) is 0.509. The first kappa shape index (κ1) is 14.9. The second-order valence-electron chi connectivity index (χ2n) is 4.43. The Balaban J connectivity index is 1.80. The van der Waals surface area contributed by atoms with Crippen LogP contribution in [0.25, 0.3) is 6.08 Å². The third kappa shape index (κ3) is 5.20. The minimum atomic E-state index is 0.466. The predicted molar refractivity (Wildman–Crippen MR) is 94.5 cm³/mol. The lowest BCUT2D eigenvalue weighted by molar-refractivity contribution is 1.05. The van der Waals surface area contributed by atoms with Crippen LogP contribution in [0.2, 0.25) is 0 Å². The number of hydrazone groups is 1. The Morgan fingerprint density at radius 2 is 1.76 bits per heavy atom. The lowest BCUT2D eigenvalue weighted by atomic mass is 10.2. The van der Waals surface area contributed by atoms with Crippen LogP contribution >= 0.6 is 12.2 Å². The highest BCUT2D eigenvalue weighted by Gasteiger charge is 1.97. The zero-order chi connectivity index (χ0) is 14.9. The van der Waals surface area contributed by atoms with Crippen LogP contribution in [0.4, 0.5) is 5.69 Å². The highest BCUT2D eigenvalue weighted by molar-refractivity contribution is 7.80. The molecule has 0 aliphatic heterocycles. The minimum absolute atomic E-state index is 0.466. The van der Waals surface area contributed by atoms with Crippen molar-refractivity contribution in [1.29, 1.82) is 0 Å². The Kier molecular flexibility index (Phi) is 5.67. The van der Waals surface area contributed by atoms with Crippen molar-refractivity contribution in [3.63, 3.8) is 0 Å². The summed E-state index contributed by atoms with van der Waals surface area (Å²) in [6.45, 7) is 2.02. The highest BCUT2D eigenvalue weighted by Crippen LogP contribution is 2.12. The van der Waals surface area contributed by atoms with Gasteiger partial charge in [-0.15, -0.1) is 0 Å². The Labute approximate surface area is 130 Å². The SMILES string of the molecule is Cc1ccccc1NC(=S)NN=C/C=C\c1ccccc1. The number of benzene rings is 2. The molecule has 0 amide bonds. The summed E-state index contributed by atoms with van der Waals surface area (Å²) < 4.78 is 0. The summed E-state index contributed by atoms with van der Waals surface area (Å²) in [7, 11) is 0. The van der Waals surface area contributed by atoms with Crippen LogP contribution in [-0.2, 0) is 0 Å². The molecule has 2 aromatic carbocycles. The molecule has 0 saturated carbocycles. The van der Waals surface area contributed by atoms with Crippen molar-refractivity contribution in [2.24, 2.45) is 5.10 Å². The molecule has 2 rings (SSSR count). The van der Waals surface area contributed by atoms with E-state index in [0.717, 1.165) is 16.8 Å². The molecular formula is C17H17N3S. The van der Waals surface area contributed by atoms with Crippen LogP contribution in [0.1, 0.15) is 11.1 Å². The molecule has 0 fully saturated rings. The van der Waals surface area contributed by atoms with Gasteiger partial charge in [-0.2, -0.15) is 5.10 Å². The third-order valence-corrected chi connectivity index (χ3v) is 3.00. The molecule has 0 bridgehead atoms. The molecule has 4 heteroatoms. The Bertz CT molecular complexity index is 648. The van der Waals surface area contributed by atoms with Gasteiger partial charge < -0.3 is 5.32 Å². The molecule has 21 heavy (non-hydrogen) atoms. The van der Waals surface area contributed by atoms with Gasteiger partial charge >= 0.3 is 0 Å². The van der Waals surface area contributed by atoms with Gasteiger partial charge in [0.1, 0.15) is 0 Å². The zero-order valence-corrected chi connectivity index (χ0v) is 12.6. The smallest absolute Gasteiger partial charge is 0.191 e. The molecule has 0 aromatic heterocycles. The van der Waals surface area contributed by atoms with E-state index in [-0.39, 0.29) is 0 Å². The molecule has 2 aromatic rings. The van der Waals surface area contributed by atoms with Gasteiger partial charge in [0.25, 0.3) is 0 Å². The molecule has 0 saturated heterocycles. The molecule has 0 aliphatic rings. The summed E-state index contributed by atoms with van der Waals surface area (Å²) in [4.78, 5) is 0. The molecule has 0 radical (unpaired) electrons. The fourth-order valence-corrected chi connectivity index (χ4v) is 1.88. The summed E-state index contributed by atoms with van der Waals surface area (Å²) in [5.41, 5.74) is 6.02. The molecule has 0 spiro atoms. The Morgan fingerprint density at radius 3 is 2.52 bits per heavy atom. The average molecular weight is 295 g/mol. The summed E-state index contributed by atoms with van der Waals surface area (Å²) in [5.74, 6) is 0. The molecule has 0 heterocycles. The normalized spacial score (nSPS) is 10.9. The third-order valence-electron chi connectivity index (χ3n) is 2.81. The molecule has 0 unspecified atom stereocenters. The van der Waals surface area contributed by atoms with Gasteiger partial charge in [0, 0.05) is 11.9 Å². The van der Waals surface area contributed by atoms with Crippen LogP contribution < -0.4 is 10.7 Å². The minimum Gasteiger partial charge on any atom is -0.331 e.